The van der Waals surface area contributed by atoms with Crippen molar-refractivity contribution in [1.82, 2.24) is 10.2 Å². The number of nitrogens with zero attached hydrogens (tertiary/aromatic N) is 1. The molecule has 0 bridgehead atoms. The molecule has 0 radical (unpaired) electrons. The molecule has 2 N–H and O–H groups in total. The van der Waals surface area contributed by atoms with Gasteiger partial charge in [-0.2, -0.15) is 5.10 Å². The van der Waals surface area contributed by atoms with Crippen molar-refractivity contribution in [3.63, 3.8) is 0 Å². The number of hydrogen-bond acceptors (Lipinski definition) is 3. The first kappa shape index (κ1) is 12.8. The highest BCUT2D eigenvalue weighted by Gasteiger charge is 2.16. The lowest BCUT2D eigenvalue weighted by Gasteiger charge is -2.10. The molecule has 1 heterocycles. The van der Waals surface area contributed by atoms with E-state index >= 15 is 0 Å². The molecule has 1 aromatic heterocycles. The minimum Gasteiger partial charge on any atom is -0.496 e. The van der Waals surface area contributed by atoms with E-state index in [-0.39, 0.29) is 0 Å². The van der Waals surface area contributed by atoms with Crippen LogP contribution in [0.15, 0.2) is 12.1 Å². The van der Waals surface area contributed by atoms with Gasteiger partial charge >= 0.3 is 0 Å². The zero-order valence-electron chi connectivity index (χ0n) is 10.9. The molecule has 0 amide bonds. The van der Waals surface area contributed by atoms with E-state index in [0.29, 0.717) is 5.02 Å². The number of aryl methyl sites for hydroxylation is 2. The second kappa shape index (κ2) is 4.90. The van der Waals surface area contributed by atoms with Crippen molar-refractivity contribution in [1.29, 1.82) is 0 Å². The van der Waals surface area contributed by atoms with Gasteiger partial charge in [-0.05, 0) is 31.5 Å². The molecule has 0 saturated heterocycles. The summed E-state index contributed by atoms with van der Waals surface area (Å²) in [5, 5.41) is 11.1. The van der Waals surface area contributed by atoms with E-state index in [1.807, 2.05) is 33.0 Å². The van der Waals surface area contributed by atoms with Gasteiger partial charge in [-0.3, -0.25) is 5.10 Å². The van der Waals surface area contributed by atoms with Crippen molar-refractivity contribution in [3.05, 3.63) is 28.4 Å². The summed E-state index contributed by atoms with van der Waals surface area (Å²) in [5.74, 6) is 0.764. The number of hydrogen-bond donors (Lipinski definition) is 2. The molecule has 2 aromatic rings. The number of H-pyrrole nitrogens is 1. The van der Waals surface area contributed by atoms with E-state index in [1.165, 1.54) is 0 Å². The fourth-order valence-electron chi connectivity index (χ4n) is 1.94. The van der Waals surface area contributed by atoms with Crippen LogP contribution >= 0.6 is 11.6 Å². The van der Waals surface area contributed by atoms with Gasteiger partial charge in [-0.25, -0.2) is 0 Å². The third kappa shape index (κ3) is 2.04. The van der Waals surface area contributed by atoms with Gasteiger partial charge in [0, 0.05) is 17.6 Å². The standard InChI is InChI=1S/C13H16ClN3O/c1-7-5-11(18-4)9(6-10(7)14)13-12(15-3)8(2)16-17-13/h5-6,15H,1-4H3,(H,16,17). The van der Waals surface area contributed by atoms with Crippen LogP contribution in [0.1, 0.15) is 11.3 Å². The largest absolute Gasteiger partial charge is 0.496 e. The van der Waals surface area contributed by atoms with Crippen molar-refractivity contribution >= 4 is 17.3 Å². The summed E-state index contributed by atoms with van der Waals surface area (Å²) in [6.45, 7) is 3.91. The number of aromatic nitrogens is 2. The Kier molecular flexibility index (Phi) is 3.48. The molecule has 0 aliphatic carbocycles. The van der Waals surface area contributed by atoms with Crippen LogP contribution in [0.5, 0.6) is 5.75 Å². The molecule has 18 heavy (non-hydrogen) atoms. The molecule has 0 fully saturated rings. The SMILES string of the molecule is CNc1c(-c2cc(Cl)c(C)cc2OC)n[nH]c1C. The van der Waals surface area contributed by atoms with E-state index in [0.717, 1.165) is 34.0 Å². The van der Waals surface area contributed by atoms with Crippen molar-refractivity contribution in [3.8, 4) is 17.0 Å². The second-order valence-corrected chi connectivity index (χ2v) is 4.53. The van der Waals surface area contributed by atoms with Gasteiger partial charge in [-0.1, -0.05) is 11.6 Å². The van der Waals surface area contributed by atoms with E-state index in [4.69, 9.17) is 16.3 Å². The highest BCUT2D eigenvalue weighted by Crippen LogP contribution is 2.37. The highest BCUT2D eigenvalue weighted by molar-refractivity contribution is 6.31. The Morgan fingerprint density at radius 3 is 2.67 bits per heavy atom. The normalized spacial score (nSPS) is 10.5. The van der Waals surface area contributed by atoms with Gasteiger partial charge in [0.25, 0.3) is 0 Å². The zero-order valence-corrected chi connectivity index (χ0v) is 11.6. The van der Waals surface area contributed by atoms with Gasteiger partial charge in [0.2, 0.25) is 0 Å². The molecule has 0 aliphatic heterocycles. The number of rotatable bonds is 3. The minimum atomic E-state index is 0.702. The fraction of sp³-hybridized carbons (Fsp3) is 0.308. The Morgan fingerprint density at radius 1 is 1.33 bits per heavy atom. The van der Waals surface area contributed by atoms with E-state index in [2.05, 4.69) is 15.5 Å². The molecular weight excluding hydrogens is 250 g/mol. The topological polar surface area (TPSA) is 49.9 Å². The second-order valence-electron chi connectivity index (χ2n) is 4.12. The van der Waals surface area contributed by atoms with Crippen LogP contribution in [0, 0.1) is 13.8 Å². The maximum Gasteiger partial charge on any atom is 0.128 e. The van der Waals surface area contributed by atoms with Crippen LogP contribution in [0.4, 0.5) is 5.69 Å². The van der Waals surface area contributed by atoms with Gasteiger partial charge in [0.05, 0.1) is 18.5 Å². The zero-order chi connectivity index (χ0) is 13.3. The summed E-state index contributed by atoms with van der Waals surface area (Å²) in [6.07, 6.45) is 0. The summed E-state index contributed by atoms with van der Waals surface area (Å²) >= 11 is 6.18. The quantitative estimate of drug-likeness (QED) is 0.894. The van der Waals surface area contributed by atoms with E-state index < -0.39 is 0 Å². The Morgan fingerprint density at radius 2 is 2.06 bits per heavy atom. The lowest BCUT2D eigenvalue weighted by molar-refractivity contribution is 0.416. The van der Waals surface area contributed by atoms with Crippen LogP contribution in [0.25, 0.3) is 11.3 Å². The first-order valence-electron chi connectivity index (χ1n) is 5.65. The van der Waals surface area contributed by atoms with E-state index in [1.54, 1.807) is 7.11 Å². The average Bonchev–Trinajstić information content (AvgIpc) is 2.73. The van der Waals surface area contributed by atoms with Crippen molar-refractivity contribution < 1.29 is 4.74 Å². The van der Waals surface area contributed by atoms with Crippen molar-refractivity contribution in [2.75, 3.05) is 19.5 Å². The molecule has 1 aromatic carbocycles. The van der Waals surface area contributed by atoms with Crippen LogP contribution in [0.3, 0.4) is 0 Å². The molecule has 4 nitrogen and oxygen atoms in total. The molecule has 0 aliphatic rings. The fourth-order valence-corrected chi connectivity index (χ4v) is 2.10. The molecule has 0 unspecified atom stereocenters. The van der Waals surface area contributed by atoms with Gasteiger partial charge in [0.15, 0.2) is 0 Å². The molecular formula is C13H16ClN3O. The van der Waals surface area contributed by atoms with Crippen LogP contribution < -0.4 is 10.1 Å². The summed E-state index contributed by atoms with van der Waals surface area (Å²) in [6, 6.07) is 3.80. The maximum atomic E-state index is 6.18. The Hall–Kier alpha value is -1.68. The summed E-state index contributed by atoms with van der Waals surface area (Å²) in [5.41, 5.74) is 4.60. The van der Waals surface area contributed by atoms with Crippen LogP contribution in [-0.2, 0) is 0 Å². The number of aromatic amines is 1. The Bertz CT molecular complexity index is 578. The van der Waals surface area contributed by atoms with E-state index in [9.17, 15) is 0 Å². The number of anilines is 1. The summed E-state index contributed by atoms with van der Waals surface area (Å²) in [7, 11) is 3.51. The number of benzene rings is 1. The molecule has 5 heteroatoms. The molecule has 0 atom stereocenters. The first-order valence-corrected chi connectivity index (χ1v) is 6.03. The summed E-state index contributed by atoms with van der Waals surface area (Å²) < 4.78 is 5.40. The van der Waals surface area contributed by atoms with Gasteiger partial charge in [0.1, 0.15) is 11.4 Å². The monoisotopic (exact) mass is 265 g/mol. The predicted molar refractivity (Wildman–Crippen MR) is 74.6 cm³/mol. The highest BCUT2D eigenvalue weighted by atomic mass is 35.5. The molecule has 2 rings (SSSR count). The minimum absolute atomic E-state index is 0.702. The lowest BCUT2D eigenvalue weighted by atomic mass is 10.1. The van der Waals surface area contributed by atoms with Gasteiger partial charge in [-0.15, -0.1) is 0 Å². The predicted octanol–water partition coefficient (Wildman–Crippen LogP) is 3.40. The lowest BCUT2D eigenvalue weighted by Crippen LogP contribution is -1.94. The third-order valence-corrected chi connectivity index (χ3v) is 3.34. The Balaban J connectivity index is 2.66. The first-order chi connectivity index (χ1) is 8.58. The van der Waals surface area contributed by atoms with Crippen molar-refractivity contribution in [2.45, 2.75) is 13.8 Å². The average molecular weight is 266 g/mol. The third-order valence-electron chi connectivity index (χ3n) is 2.93. The van der Waals surface area contributed by atoms with Gasteiger partial charge < -0.3 is 10.1 Å². The number of nitrogens with one attached hydrogen (secondary N) is 2. The van der Waals surface area contributed by atoms with Crippen molar-refractivity contribution in [2.24, 2.45) is 0 Å². The molecule has 96 valence electrons. The molecule has 0 spiro atoms. The van der Waals surface area contributed by atoms with Crippen LogP contribution in [0.2, 0.25) is 5.02 Å². The number of halogens is 1. The number of methoxy groups -OCH3 is 1. The molecule has 0 saturated carbocycles. The van der Waals surface area contributed by atoms with Crippen LogP contribution in [-0.4, -0.2) is 24.4 Å². The smallest absolute Gasteiger partial charge is 0.128 e. The Labute approximate surface area is 111 Å². The maximum absolute atomic E-state index is 6.18. The number of ether oxygens (including phenoxy) is 1. The summed E-state index contributed by atoms with van der Waals surface area (Å²) in [4.78, 5) is 0.